The third-order valence-corrected chi connectivity index (χ3v) is 1.73. The summed E-state index contributed by atoms with van der Waals surface area (Å²) in [7, 11) is 1.65. The molecule has 0 bridgehead atoms. The summed E-state index contributed by atoms with van der Waals surface area (Å²) in [4.78, 5) is 4.03. The molecular weight excluding hydrogens is 180 g/mol. The van der Waals surface area contributed by atoms with Crippen molar-refractivity contribution in [2.45, 2.75) is 25.3 Å². The Balaban J connectivity index is 2.52. The first-order valence-corrected chi connectivity index (χ1v) is 4.20. The monoisotopic (exact) mass is 190 g/mol. The zero-order valence-electron chi connectivity index (χ0n) is 7.08. The smallest absolute Gasteiger partial charge is 0.241 e. The third-order valence-electron chi connectivity index (χ3n) is 1.50. The van der Waals surface area contributed by atoms with E-state index in [4.69, 9.17) is 20.9 Å². The number of rotatable bonds is 4. The van der Waals surface area contributed by atoms with E-state index in [2.05, 4.69) is 10.1 Å². The Bertz CT molecular complexity index is 239. The molecule has 68 valence electrons. The molecule has 5 heteroatoms. The van der Waals surface area contributed by atoms with Gasteiger partial charge >= 0.3 is 0 Å². The van der Waals surface area contributed by atoms with E-state index in [0.29, 0.717) is 18.1 Å². The summed E-state index contributed by atoms with van der Waals surface area (Å²) < 4.78 is 9.85. The van der Waals surface area contributed by atoms with E-state index in [1.54, 1.807) is 7.11 Å². The number of halogens is 1. The minimum atomic E-state index is 0.103. The first-order valence-electron chi connectivity index (χ1n) is 3.66. The molecule has 0 aliphatic carbocycles. The second-order valence-electron chi connectivity index (χ2n) is 2.49. The molecule has 0 radical (unpaired) electrons. The summed E-state index contributed by atoms with van der Waals surface area (Å²) in [6, 6.07) is 0. The Hall–Kier alpha value is -0.610. The van der Waals surface area contributed by atoms with Crippen molar-refractivity contribution in [3.05, 3.63) is 11.7 Å². The second-order valence-corrected chi connectivity index (χ2v) is 2.76. The predicted octanol–water partition coefficient (Wildman–Crippen LogP) is 1.39. The first-order chi connectivity index (χ1) is 5.76. The summed E-state index contributed by atoms with van der Waals surface area (Å²) in [6.45, 7) is 1.94. The Morgan fingerprint density at radius 1 is 1.67 bits per heavy atom. The Morgan fingerprint density at radius 2 is 2.42 bits per heavy atom. The number of methoxy groups -OCH3 is 1. The van der Waals surface area contributed by atoms with Crippen LogP contribution in [-0.4, -0.2) is 23.4 Å². The van der Waals surface area contributed by atoms with Crippen LogP contribution in [0.2, 0.25) is 0 Å². The van der Waals surface area contributed by atoms with Gasteiger partial charge in [0.25, 0.3) is 0 Å². The fourth-order valence-electron chi connectivity index (χ4n) is 0.768. The van der Waals surface area contributed by atoms with E-state index in [1.165, 1.54) is 0 Å². The van der Waals surface area contributed by atoms with Crippen molar-refractivity contribution < 1.29 is 9.26 Å². The van der Waals surface area contributed by atoms with Crippen LogP contribution in [0.25, 0.3) is 0 Å². The minimum absolute atomic E-state index is 0.103. The Kier molecular flexibility index (Phi) is 3.49. The summed E-state index contributed by atoms with van der Waals surface area (Å²) in [5, 5.41) is 3.72. The summed E-state index contributed by atoms with van der Waals surface area (Å²) in [5.41, 5.74) is 0. The van der Waals surface area contributed by atoms with Crippen LogP contribution in [0, 0.1) is 0 Å². The molecule has 0 amide bonds. The number of hydrogen-bond donors (Lipinski definition) is 0. The zero-order valence-corrected chi connectivity index (χ0v) is 7.84. The van der Waals surface area contributed by atoms with Gasteiger partial charge in [-0.25, -0.2) is 0 Å². The number of ether oxygens (including phenoxy) is 1. The maximum absolute atomic E-state index is 5.48. The fourth-order valence-corrected chi connectivity index (χ4v) is 0.876. The van der Waals surface area contributed by atoms with Crippen molar-refractivity contribution >= 4 is 11.6 Å². The lowest BCUT2D eigenvalue weighted by Gasteiger charge is -2.03. The van der Waals surface area contributed by atoms with Crippen LogP contribution >= 0.6 is 11.6 Å². The normalized spacial score (nSPS) is 13.2. The molecule has 0 aromatic carbocycles. The molecule has 1 aromatic rings. The molecule has 12 heavy (non-hydrogen) atoms. The maximum Gasteiger partial charge on any atom is 0.241 e. The molecule has 0 saturated heterocycles. The molecule has 1 rings (SSSR count). The molecule has 1 atom stereocenters. The van der Waals surface area contributed by atoms with Crippen LogP contribution in [0.3, 0.4) is 0 Å². The molecular formula is C7H11ClN2O2. The van der Waals surface area contributed by atoms with Crippen molar-refractivity contribution in [2.24, 2.45) is 0 Å². The van der Waals surface area contributed by atoms with E-state index >= 15 is 0 Å². The number of alkyl halides is 1. The molecule has 1 aromatic heterocycles. The molecule has 0 fully saturated rings. The van der Waals surface area contributed by atoms with Gasteiger partial charge in [-0.15, -0.1) is 11.6 Å². The SMILES string of the molecule is COC(C)Cc1noc(CCl)n1. The van der Waals surface area contributed by atoms with Gasteiger partial charge in [-0.2, -0.15) is 4.98 Å². The van der Waals surface area contributed by atoms with E-state index in [1.807, 2.05) is 6.92 Å². The summed E-state index contributed by atoms with van der Waals surface area (Å²) >= 11 is 5.48. The molecule has 1 unspecified atom stereocenters. The van der Waals surface area contributed by atoms with Crippen LogP contribution in [0.4, 0.5) is 0 Å². The van der Waals surface area contributed by atoms with Crippen molar-refractivity contribution in [3.63, 3.8) is 0 Å². The fraction of sp³-hybridized carbons (Fsp3) is 0.714. The van der Waals surface area contributed by atoms with Gasteiger partial charge in [0.05, 0.1) is 6.10 Å². The van der Waals surface area contributed by atoms with Crippen LogP contribution < -0.4 is 0 Å². The van der Waals surface area contributed by atoms with E-state index in [0.717, 1.165) is 0 Å². The van der Waals surface area contributed by atoms with Crippen molar-refractivity contribution in [1.29, 1.82) is 0 Å². The van der Waals surface area contributed by atoms with Gasteiger partial charge in [0.15, 0.2) is 5.82 Å². The van der Waals surface area contributed by atoms with E-state index in [-0.39, 0.29) is 12.0 Å². The zero-order chi connectivity index (χ0) is 8.97. The van der Waals surface area contributed by atoms with Gasteiger partial charge in [-0.1, -0.05) is 5.16 Å². The van der Waals surface area contributed by atoms with Crippen LogP contribution in [0.5, 0.6) is 0 Å². The Labute approximate surface area is 75.9 Å². The van der Waals surface area contributed by atoms with E-state index < -0.39 is 0 Å². The number of aromatic nitrogens is 2. The highest BCUT2D eigenvalue weighted by Crippen LogP contribution is 2.04. The molecule has 0 N–H and O–H groups in total. The minimum Gasteiger partial charge on any atom is -0.381 e. The van der Waals surface area contributed by atoms with Gasteiger partial charge in [0.1, 0.15) is 5.88 Å². The standard InChI is InChI=1S/C7H11ClN2O2/c1-5(11-2)3-6-9-7(4-8)12-10-6/h5H,3-4H2,1-2H3. The van der Waals surface area contributed by atoms with Crippen molar-refractivity contribution in [2.75, 3.05) is 7.11 Å². The highest BCUT2D eigenvalue weighted by molar-refractivity contribution is 6.16. The predicted molar refractivity (Wildman–Crippen MR) is 44.0 cm³/mol. The lowest BCUT2D eigenvalue weighted by molar-refractivity contribution is 0.116. The molecule has 0 saturated carbocycles. The highest BCUT2D eigenvalue weighted by atomic mass is 35.5. The number of hydrogen-bond acceptors (Lipinski definition) is 4. The second kappa shape index (κ2) is 4.42. The van der Waals surface area contributed by atoms with E-state index in [9.17, 15) is 0 Å². The quantitative estimate of drug-likeness (QED) is 0.674. The van der Waals surface area contributed by atoms with Gasteiger partial charge in [-0.3, -0.25) is 0 Å². The molecule has 0 aliphatic heterocycles. The van der Waals surface area contributed by atoms with Crippen LogP contribution in [0.1, 0.15) is 18.6 Å². The van der Waals surface area contributed by atoms with Crippen molar-refractivity contribution in [1.82, 2.24) is 10.1 Å². The summed E-state index contributed by atoms with van der Waals surface area (Å²) in [5.74, 6) is 1.35. The van der Waals surface area contributed by atoms with Gasteiger partial charge in [0, 0.05) is 13.5 Å². The average Bonchev–Trinajstić information content (AvgIpc) is 2.52. The lowest BCUT2D eigenvalue weighted by atomic mass is 10.3. The maximum atomic E-state index is 5.48. The molecule has 0 spiro atoms. The third kappa shape index (κ3) is 2.46. The Morgan fingerprint density at radius 3 is 2.92 bits per heavy atom. The van der Waals surface area contributed by atoms with Gasteiger partial charge in [-0.05, 0) is 6.92 Å². The highest BCUT2D eigenvalue weighted by Gasteiger charge is 2.08. The molecule has 1 heterocycles. The van der Waals surface area contributed by atoms with Crippen molar-refractivity contribution in [3.8, 4) is 0 Å². The van der Waals surface area contributed by atoms with Crippen LogP contribution in [0.15, 0.2) is 4.52 Å². The first kappa shape index (κ1) is 9.48. The van der Waals surface area contributed by atoms with Gasteiger partial charge < -0.3 is 9.26 Å². The largest absolute Gasteiger partial charge is 0.381 e. The van der Waals surface area contributed by atoms with Crippen LogP contribution in [-0.2, 0) is 17.0 Å². The lowest BCUT2D eigenvalue weighted by Crippen LogP contribution is -2.09. The summed E-state index contributed by atoms with van der Waals surface area (Å²) in [6.07, 6.45) is 0.752. The molecule has 4 nitrogen and oxygen atoms in total. The average molecular weight is 191 g/mol. The molecule has 0 aliphatic rings. The van der Waals surface area contributed by atoms with Gasteiger partial charge in [0.2, 0.25) is 5.89 Å². The number of nitrogens with zero attached hydrogens (tertiary/aromatic N) is 2. The topological polar surface area (TPSA) is 48.2 Å².